The molecular weight excluding hydrogens is 194 g/mol. The van der Waals surface area contributed by atoms with Crippen LogP contribution in [-0.2, 0) is 14.3 Å². The van der Waals surface area contributed by atoms with Crippen molar-refractivity contribution in [1.82, 2.24) is 4.90 Å². The van der Waals surface area contributed by atoms with Crippen molar-refractivity contribution < 1.29 is 14.3 Å². The first-order valence-corrected chi connectivity index (χ1v) is 5.68. The van der Waals surface area contributed by atoms with Crippen molar-refractivity contribution in [2.24, 2.45) is 5.92 Å². The molecule has 0 radical (unpaired) electrons. The van der Waals surface area contributed by atoms with E-state index in [1.807, 2.05) is 4.90 Å². The maximum atomic E-state index is 11.5. The first-order valence-electron chi connectivity index (χ1n) is 5.68. The Morgan fingerprint density at radius 3 is 2.87 bits per heavy atom. The zero-order chi connectivity index (χ0) is 10.7. The summed E-state index contributed by atoms with van der Waals surface area (Å²) in [5.74, 6) is 0.878. The fourth-order valence-electron chi connectivity index (χ4n) is 1.86. The Balaban J connectivity index is 1.66. The Morgan fingerprint density at radius 1 is 1.40 bits per heavy atom. The lowest BCUT2D eigenvalue weighted by molar-refractivity contribution is -0.134. The van der Waals surface area contributed by atoms with Gasteiger partial charge < -0.3 is 14.4 Å². The molecule has 86 valence electrons. The molecule has 4 nitrogen and oxygen atoms in total. The third kappa shape index (κ3) is 3.18. The fourth-order valence-corrected chi connectivity index (χ4v) is 1.86. The predicted octanol–water partition coefficient (Wildman–Crippen LogP) is 0.660. The molecule has 1 atom stereocenters. The summed E-state index contributed by atoms with van der Waals surface area (Å²) < 4.78 is 10.6. The van der Waals surface area contributed by atoms with Gasteiger partial charge in [-0.15, -0.1) is 0 Å². The predicted molar refractivity (Wildman–Crippen MR) is 55.5 cm³/mol. The molecule has 15 heavy (non-hydrogen) atoms. The molecule has 0 N–H and O–H groups in total. The van der Waals surface area contributed by atoms with Gasteiger partial charge in [0.1, 0.15) is 6.61 Å². The van der Waals surface area contributed by atoms with E-state index < -0.39 is 0 Å². The van der Waals surface area contributed by atoms with Crippen molar-refractivity contribution in [3.8, 4) is 0 Å². The molecule has 2 aliphatic rings. The topological polar surface area (TPSA) is 38.8 Å². The number of carbonyl (C=O) groups is 1. The molecule has 4 heteroatoms. The van der Waals surface area contributed by atoms with Gasteiger partial charge in [0.15, 0.2) is 0 Å². The van der Waals surface area contributed by atoms with Crippen LogP contribution in [0.4, 0.5) is 0 Å². The molecule has 1 saturated carbocycles. The Morgan fingerprint density at radius 2 is 2.20 bits per heavy atom. The summed E-state index contributed by atoms with van der Waals surface area (Å²) in [5.41, 5.74) is 0. The zero-order valence-corrected chi connectivity index (χ0v) is 9.28. The van der Waals surface area contributed by atoms with Crippen LogP contribution in [0.25, 0.3) is 0 Å². The molecule has 0 bridgehead atoms. The third-order valence-electron chi connectivity index (χ3n) is 3.03. The van der Waals surface area contributed by atoms with Gasteiger partial charge in [0, 0.05) is 26.8 Å². The van der Waals surface area contributed by atoms with Crippen LogP contribution in [0.5, 0.6) is 0 Å². The standard InChI is InChI=1S/C11H19NO3/c1-14-8-11(13)12-5-4-10(6-12)15-7-9-2-3-9/h9-10H,2-8H2,1H3/t10-/m1/s1. The number of ether oxygens (including phenoxy) is 2. The van der Waals surface area contributed by atoms with Crippen molar-refractivity contribution in [2.45, 2.75) is 25.4 Å². The fraction of sp³-hybridized carbons (Fsp3) is 0.909. The molecule has 0 aromatic heterocycles. The Hall–Kier alpha value is -0.610. The molecule has 0 spiro atoms. The first-order chi connectivity index (χ1) is 7.29. The number of amides is 1. The maximum absolute atomic E-state index is 11.5. The summed E-state index contributed by atoms with van der Waals surface area (Å²) in [6, 6.07) is 0. The highest BCUT2D eigenvalue weighted by Crippen LogP contribution is 2.29. The molecule has 1 aliphatic carbocycles. The summed E-state index contributed by atoms with van der Waals surface area (Å²) in [6.07, 6.45) is 3.87. The summed E-state index contributed by atoms with van der Waals surface area (Å²) >= 11 is 0. The second-order valence-corrected chi connectivity index (χ2v) is 4.46. The number of carbonyl (C=O) groups excluding carboxylic acids is 1. The second kappa shape index (κ2) is 4.94. The summed E-state index contributed by atoms with van der Waals surface area (Å²) in [7, 11) is 1.55. The van der Waals surface area contributed by atoms with E-state index in [0.29, 0.717) is 0 Å². The van der Waals surface area contributed by atoms with Crippen molar-refractivity contribution in [3.63, 3.8) is 0 Å². The van der Waals surface area contributed by atoms with Gasteiger partial charge in [-0.05, 0) is 25.2 Å². The summed E-state index contributed by atoms with van der Waals surface area (Å²) in [5, 5.41) is 0. The lowest BCUT2D eigenvalue weighted by Crippen LogP contribution is -2.32. The Kier molecular flexibility index (Phi) is 3.59. The lowest BCUT2D eigenvalue weighted by Gasteiger charge is -2.16. The monoisotopic (exact) mass is 213 g/mol. The van der Waals surface area contributed by atoms with E-state index in [1.165, 1.54) is 12.8 Å². The quantitative estimate of drug-likeness (QED) is 0.673. The van der Waals surface area contributed by atoms with E-state index in [-0.39, 0.29) is 18.6 Å². The van der Waals surface area contributed by atoms with Gasteiger partial charge in [-0.3, -0.25) is 4.79 Å². The van der Waals surface area contributed by atoms with Crippen LogP contribution >= 0.6 is 0 Å². The number of methoxy groups -OCH3 is 1. The molecule has 1 heterocycles. The van der Waals surface area contributed by atoms with Crippen LogP contribution in [-0.4, -0.2) is 50.3 Å². The van der Waals surface area contributed by atoms with E-state index in [9.17, 15) is 4.79 Å². The van der Waals surface area contributed by atoms with Crippen molar-refractivity contribution in [3.05, 3.63) is 0 Å². The van der Waals surface area contributed by atoms with E-state index in [1.54, 1.807) is 7.11 Å². The average molecular weight is 213 g/mol. The van der Waals surface area contributed by atoms with Crippen LogP contribution in [0.2, 0.25) is 0 Å². The molecular formula is C11H19NO3. The highest BCUT2D eigenvalue weighted by atomic mass is 16.5. The largest absolute Gasteiger partial charge is 0.376 e. The first kappa shape index (κ1) is 10.9. The van der Waals surface area contributed by atoms with Gasteiger partial charge in [-0.25, -0.2) is 0 Å². The van der Waals surface area contributed by atoms with Gasteiger partial charge in [-0.1, -0.05) is 0 Å². The molecule has 1 saturated heterocycles. The van der Waals surface area contributed by atoms with Gasteiger partial charge in [0.05, 0.1) is 6.10 Å². The minimum Gasteiger partial charge on any atom is -0.376 e. The van der Waals surface area contributed by atoms with Crippen LogP contribution in [0.15, 0.2) is 0 Å². The van der Waals surface area contributed by atoms with E-state index in [4.69, 9.17) is 9.47 Å². The molecule has 2 rings (SSSR count). The molecule has 1 amide bonds. The summed E-state index contributed by atoms with van der Waals surface area (Å²) in [4.78, 5) is 13.3. The molecule has 2 fully saturated rings. The molecule has 1 aliphatic heterocycles. The second-order valence-electron chi connectivity index (χ2n) is 4.46. The molecule has 0 aromatic carbocycles. The Labute approximate surface area is 90.5 Å². The third-order valence-corrected chi connectivity index (χ3v) is 3.03. The van der Waals surface area contributed by atoms with Crippen LogP contribution in [0.3, 0.4) is 0 Å². The molecule has 0 unspecified atom stereocenters. The minimum absolute atomic E-state index is 0.0787. The highest BCUT2D eigenvalue weighted by Gasteiger charge is 2.29. The number of likely N-dealkylation sites (tertiary alicyclic amines) is 1. The lowest BCUT2D eigenvalue weighted by atomic mass is 10.3. The van der Waals surface area contributed by atoms with Gasteiger partial charge in [0.25, 0.3) is 0 Å². The normalized spacial score (nSPS) is 25.9. The van der Waals surface area contributed by atoms with Crippen LogP contribution in [0.1, 0.15) is 19.3 Å². The SMILES string of the molecule is COCC(=O)N1CC[C@@H](OCC2CC2)C1. The maximum Gasteiger partial charge on any atom is 0.248 e. The number of hydrogen-bond acceptors (Lipinski definition) is 3. The van der Waals surface area contributed by atoms with Gasteiger partial charge >= 0.3 is 0 Å². The summed E-state index contributed by atoms with van der Waals surface area (Å²) in [6.45, 7) is 2.64. The molecule has 0 aromatic rings. The van der Waals surface area contributed by atoms with Crippen LogP contribution in [0, 0.1) is 5.92 Å². The number of nitrogens with zero attached hydrogens (tertiary/aromatic N) is 1. The van der Waals surface area contributed by atoms with Crippen molar-refractivity contribution in [1.29, 1.82) is 0 Å². The van der Waals surface area contributed by atoms with Crippen LogP contribution < -0.4 is 0 Å². The zero-order valence-electron chi connectivity index (χ0n) is 9.28. The Bertz CT molecular complexity index is 228. The van der Waals surface area contributed by atoms with Crippen molar-refractivity contribution >= 4 is 5.91 Å². The van der Waals surface area contributed by atoms with E-state index in [0.717, 1.165) is 32.0 Å². The van der Waals surface area contributed by atoms with E-state index >= 15 is 0 Å². The highest BCUT2D eigenvalue weighted by molar-refractivity contribution is 5.77. The van der Waals surface area contributed by atoms with Gasteiger partial charge in [-0.2, -0.15) is 0 Å². The number of hydrogen-bond donors (Lipinski definition) is 0. The van der Waals surface area contributed by atoms with Gasteiger partial charge in [0.2, 0.25) is 5.91 Å². The van der Waals surface area contributed by atoms with E-state index in [2.05, 4.69) is 0 Å². The van der Waals surface area contributed by atoms with Crippen molar-refractivity contribution in [2.75, 3.05) is 33.4 Å². The smallest absolute Gasteiger partial charge is 0.248 e. The average Bonchev–Trinajstić information content (AvgIpc) is 2.93. The number of rotatable bonds is 5. The minimum atomic E-state index is 0.0787.